The van der Waals surface area contributed by atoms with E-state index in [1.165, 1.54) is 11.1 Å². The van der Waals surface area contributed by atoms with Gasteiger partial charge in [-0.2, -0.15) is 0 Å². The molecule has 0 unspecified atom stereocenters. The summed E-state index contributed by atoms with van der Waals surface area (Å²) in [5.74, 6) is 0. The zero-order valence-electron chi connectivity index (χ0n) is 8.33. The minimum Gasteiger partial charge on any atom is -0.381 e. The molecule has 13 heavy (non-hydrogen) atoms. The molecule has 0 fully saturated rings. The molecule has 0 atom stereocenters. The van der Waals surface area contributed by atoms with E-state index in [1.807, 2.05) is 11.9 Å². The first-order chi connectivity index (χ1) is 6.26. The van der Waals surface area contributed by atoms with Gasteiger partial charge in [0.1, 0.15) is 0 Å². The number of hydrogen-bond acceptors (Lipinski definition) is 2. The molecule has 0 aromatic heterocycles. The Bertz CT molecular complexity index is 243. The van der Waals surface area contributed by atoms with E-state index < -0.39 is 0 Å². The highest BCUT2D eigenvalue weighted by atomic mass is 16.3. The normalized spacial score (nSPS) is 10.8. The quantitative estimate of drug-likeness (QED) is 0.710. The number of rotatable bonds is 4. The second kappa shape index (κ2) is 5.00. The van der Waals surface area contributed by atoms with Crippen molar-refractivity contribution in [2.45, 2.75) is 19.9 Å². The van der Waals surface area contributed by atoms with E-state index in [2.05, 4.69) is 31.2 Å². The van der Waals surface area contributed by atoms with Crippen molar-refractivity contribution in [3.63, 3.8) is 0 Å². The second-order valence-corrected chi connectivity index (χ2v) is 3.33. The Kier molecular flexibility index (Phi) is 3.93. The topological polar surface area (TPSA) is 23.5 Å². The maximum absolute atomic E-state index is 8.82. The Morgan fingerprint density at radius 2 is 1.69 bits per heavy atom. The molecule has 0 aliphatic rings. The maximum Gasteiger partial charge on any atom is 0.0956 e. The summed E-state index contributed by atoms with van der Waals surface area (Å²) < 4.78 is 0. The molecule has 1 aromatic rings. The molecule has 2 nitrogen and oxygen atoms in total. The molecule has 0 bridgehead atoms. The first kappa shape index (κ1) is 10.2. The molecule has 0 spiro atoms. The fraction of sp³-hybridized carbons (Fsp3) is 0.455. The number of nitrogens with zero attached hydrogens (tertiary/aromatic N) is 1. The SMILES string of the molecule is CCc1ccc(CN(C)CO)cc1. The maximum atomic E-state index is 8.82. The van der Waals surface area contributed by atoms with Crippen molar-refractivity contribution in [2.24, 2.45) is 0 Å². The van der Waals surface area contributed by atoms with Gasteiger partial charge >= 0.3 is 0 Å². The summed E-state index contributed by atoms with van der Waals surface area (Å²) in [6, 6.07) is 8.51. The van der Waals surface area contributed by atoms with E-state index in [9.17, 15) is 0 Å². The zero-order chi connectivity index (χ0) is 9.68. The zero-order valence-corrected chi connectivity index (χ0v) is 8.33. The van der Waals surface area contributed by atoms with E-state index in [4.69, 9.17) is 5.11 Å². The summed E-state index contributed by atoms with van der Waals surface area (Å²) in [5.41, 5.74) is 2.60. The van der Waals surface area contributed by atoms with Crippen molar-refractivity contribution in [2.75, 3.05) is 13.8 Å². The average molecular weight is 179 g/mol. The monoisotopic (exact) mass is 179 g/mol. The minimum atomic E-state index is 0.107. The number of aryl methyl sites for hydroxylation is 1. The number of benzene rings is 1. The molecule has 0 aliphatic carbocycles. The molecule has 0 saturated heterocycles. The van der Waals surface area contributed by atoms with Gasteiger partial charge in [-0.25, -0.2) is 0 Å². The lowest BCUT2D eigenvalue weighted by molar-refractivity contribution is 0.127. The molecule has 0 amide bonds. The summed E-state index contributed by atoms with van der Waals surface area (Å²) in [6.45, 7) is 3.06. The van der Waals surface area contributed by atoms with Crippen molar-refractivity contribution >= 4 is 0 Å². The van der Waals surface area contributed by atoms with Crippen LogP contribution in [-0.4, -0.2) is 23.8 Å². The first-order valence-electron chi connectivity index (χ1n) is 4.63. The fourth-order valence-electron chi connectivity index (χ4n) is 1.24. The van der Waals surface area contributed by atoms with Crippen molar-refractivity contribution < 1.29 is 5.11 Å². The van der Waals surface area contributed by atoms with Crippen molar-refractivity contribution in [1.82, 2.24) is 4.90 Å². The molecular weight excluding hydrogens is 162 g/mol. The molecule has 1 N–H and O–H groups in total. The fourth-order valence-corrected chi connectivity index (χ4v) is 1.24. The molecule has 0 aliphatic heterocycles. The van der Waals surface area contributed by atoms with Gasteiger partial charge in [0.15, 0.2) is 0 Å². The standard InChI is InChI=1S/C11H17NO/c1-3-10-4-6-11(7-5-10)8-12(2)9-13/h4-7,13H,3,8-9H2,1-2H3. The van der Waals surface area contributed by atoms with Crippen LogP contribution in [0.25, 0.3) is 0 Å². The van der Waals surface area contributed by atoms with Gasteiger partial charge in [-0.1, -0.05) is 31.2 Å². The van der Waals surface area contributed by atoms with Gasteiger partial charge in [0.2, 0.25) is 0 Å². The number of hydrogen-bond donors (Lipinski definition) is 1. The van der Waals surface area contributed by atoms with E-state index in [-0.39, 0.29) is 6.73 Å². The van der Waals surface area contributed by atoms with E-state index in [0.29, 0.717) is 0 Å². The number of aliphatic hydroxyl groups excluding tert-OH is 1. The van der Waals surface area contributed by atoms with Gasteiger partial charge in [-0.05, 0) is 24.6 Å². The van der Waals surface area contributed by atoms with Crippen LogP contribution in [0.15, 0.2) is 24.3 Å². The highest BCUT2D eigenvalue weighted by molar-refractivity contribution is 5.22. The van der Waals surface area contributed by atoms with Crippen LogP contribution in [0.1, 0.15) is 18.1 Å². The van der Waals surface area contributed by atoms with Gasteiger partial charge < -0.3 is 5.11 Å². The predicted octanol–water partition coefficient (Wildman–Crippen LogP) is 1.63. The molecule has 0 saturated carbocycles. The Morgan fingerprint density at radius 1 is 1.15 bits per heavy atom. The average Bonchev–Trinajstić information content (AvgIpc) is 2.19. The van der Waals surface area contributed by atoms with Gasteiger partial charge in [-0.15, -0.1) is 0 Å². The van der Waals surface area contributed by atoms with Crippen LogP contribution in [0.2, 0.25) is 0 Å². The highest BCUT2D eigenvalue weighted by Gasteiger charge is 1.97. The molecule has 1 rings (SSSR count). The largest absolute Gasteiger partial charge is 0.381 e. The van der Waals surface area contributed by atoms with Gasteiger partial charge in [-0.3, -0.25) is 4.90 Å². The molecule has 0 radical (unpaired) electrons. The summed E-state index contributed by atoms with van der Waals surface area (Å²) in [4.78, 5) is 1.86. The molecule has 1 aromatic carbocycles. The van der Waals surface area contributed by atoms with Crippen molar-refractivity contribution in [1.29, 1.82) is 0 Å². The van der Waals surface area contributed by atoms with Crippen LogP contribution in [0.4, 0.5) is 0 Å². The lowest BCUT2D eigenvalue weighted by atomic mass is 10.1. The highest BCUT2D eigenvalue weighted by Crippen LogP contribution is 2.06. The summed E-state index contributed by atoms with van der Waals surface area (Å²) in [7, 11) is 1.90. The lowest BCUT2D eigenvalue weighted by Crippen LogP contribution is -2.18. The van der Waals surface area contributed by atoms with Crippen LogP contribution >= 0.6 is 0 Å². The van der Waals surface area contributed by atoms with Crippen LogP contribution in [0.3, 0.4) is 0 Å². The van der Waals surface area contributed by atoms with Crippen LogP contribution in [0, 0.1) is 0 Å². The van der Waals surface area contributed by atoms with Crippen molar-refractivity contribution in [3.05, 3.63) is 35.4 Å². The van der Waals surface area contributed by atoms with Gasteiger partial charge in [0.05, 0.1) is 6.73 Å². The Hall–Kier alpha value is -0.860. The molecular formula is C11H17NO. The second-order valence-electron chi connectivity index (χ2n) is 3.33. The third-order valence-electron chi connectivity index (χ3n) is 2.13. The Labute approximate surface area is 79.8 Å². The predicted molar refractivity (Wildman–Crippen MR) is 54.4 cm³/mol. The Balaban J connectivity index is 2.58. The smallest absolute Gasteiger partial charge is 0.0956 e. The van der Waals surface area contributed by atoms with Crippen molar-refractivity contribution in [3.8, 4) is 0 Å². The first-order valence-corrected chi connectivity index (χ1v) is 4.63. The van der Waals surface area contributed by atoms with E-state index in [0.717, 1.165) is 13.0 Å². The summed E-state index contributed by atoms with van der Waals surface area (Å²) >= 11 is 0. The summed E-state index contributed by atoms with van der Waals surface area (Å²) in [5, 5.41) is 8.82. The van der Waals surface area contributed by atoms with Gasteiger partial charge in [0.25, 0.3) is 0 Å². The molecule has 0 heterocycles. The third-order valence-corrected chi connectivity index (χ3v) is 2.13. The van der Waals surface area contributed by atoms with E-state index >= 15 is 0 Å². The Morgan fingerprint density at radius 3 is 2.15 bits per heavy atom. The molecule has 2 heteroatoms. The third kappa shape index (κ3) is 3.17. The van der Waals surface area contributed by atoms with Crippen LogP contribution < -0.4 is 0 Å². The van der Waals surface area contributed by atoms with Crippen LogP contribution in [0.5, 0.6) is 0 Å². The van der Waals surface area contributed by atoms with E-state index in [1.54, 1.807) is 0 Å². The number of aliphatic hydroxyl groups is 1. The van der Waals surface area contributed by atoms with Gasteiger partial charge in [0, 0.05) is 6.54 Å². The lowest BCUT2D eigenvalue weighted by Gasteiger charge is -2.12. The van der Waals surface area contributed by atoms with Crippen LogP contribution in [-0.2, 0) is 13.0 Å². The summed E-state index contributed by atoms with van der Waals surface area (Å²) in [6.07, 6.45) is 1.08. The molecule has 72 valence electrons. The minimum absolute atomic E-state index is 0.107.